The lowest BCUT2D eigenvalue weighted by Crippen LogP contribution is -2.56. The van der Waals surface area contributed by atoms with Crippen molar-refractivity contribution in [2.24, 2.45) is 23.7 Å². The van der Waals surface area contributed by atoms with Crippen LogP contribution in [-0.4, -0.2) is 13.1 Å². The highest BCUT2D eigenvalue weighted by Gasteiger charge is 2.63. The summed E-state index contributed by atoms with van der Waals surface area (Å²) in [6, 6.07) is 53.7. The van der Waals surface area contributed by atoms with E-state index in [1.165, 1.54) is 93.3 Å². The van der Waals surface area contributed by atoms with Gasteiger partial charge < -0.3 is 0 Å². The van der Waals surface area contributed by atoms with E-state index in [9.17, 15) is 0 Å². The van der Waals surface area contributed by atoms with Crippen molar-refractivity contribution in [1.82, 2.24) is 4.98 Å². The second kappa shape index (κ2) is 11.5. The SMILES string of the molecule is CC1(C)c2ccccc2-c2ccc(-c3ccc(-c4cccc(-c5cc6c(c7c5C5(c8ccccc8-7)C7CC8CC(C7)CC5C8)[Si](C)(C)c5ccccc5-6)n4)cc3)cc21. The summed E-state index contributed by atoms with van der Waals surface area (Å²) < 4.78 is 0. The van der Waals surface area contributed by atoms with E-state index in [0.29, 0.717) is 11.8 Å². The molecular weight excluding hydrogens is 715 g/mol. The van der Waals surface area contributed by atoms with E-state index in [1.54, 1.807) is 27.1 Å². The van der Waals surface area contributed by atoms with Crippen molar-refractivity contribution in [3.05, 3.63) is 162 Å². The van der Waals surface area contributed by atoms with Crippen LogP contribution in [-0.2, 0) is 10.8 Å². The fraction of sp³-hybridized carbons (Fsp3) is 0.268. The summed E-state index contributed by atoms with van der Waals surface area (Å²) in [5.74, 6) is 3.21. The van der Waals surface area contributed by atoms with Crippen LogP contribution in [0.1, 0.15) is 68.2 Å². The van der Waals surface area contributed by atoms with Gasteiger partial charge in [-0.1, -0.05) is 142 Å². The fourth-order valence-corrected chi connectivity index (χ4v) is 17.7. The minimum absolute atomic E-state index is 0.0133. The van der Waals surface area contributed by atoms with Crippen LogP contribution in [0.4, 0.5) is 0 Å². The highest BCUT2D eigenvalue weighted by Crippen LogP contribution is 2.70. The third-order valence-electron chi connectivity index (χ3n) is 16.4. The summed E-state index contributed by atoms with van der Waals surface area (Å²) in [7, 11) is -2.00. The molecule has 282 valence electrons. The molecule has 14 rings (SSSR count). The van der Waals surface area contributed by atoms with E-state index in [0.717, 1.165) is 23.2 Å². The molecule has 7 aromatic rings. The van der Waals surface area contributed by atoms with Gasteiger partial charge in [-0.3, -0.25) is 0 Å². The molecule has 0 radical (unpaired) electrons. The molecule has 0 atom stereocenters. The number of pyridine rings is 1. The minimum atomic E-state index is -2.00. The molecular formula is C56H49NSi. The summed E-state index contributed by atoms with van der Waals surface area (Å²) in [5.41, 5.74) is 22.2. The smallest absolute Gasteiger partial charge is 0.114 e. The molecule has 1 nitrogen and oxygen atoms in total. The van der Waals surface area contributed by atoms with Gasteiger partial charge in [0.25, 0.3) is 0 Å². The van der Waals surface area contributed by atoms with Crippen LogP contribution in [0.3, 0.4) is 0 Å². The first-order valence-corrected chi connectivity index (χ1v) is 25.0. The maximum Gasteiger partial charge on any atom is 0.114 e. The van der Waals surface area contributed by atoms with E-state index >= 15 is 0 Å². The zero-order valence-electron chi connectivity index (χ0n) is 34.1. The average molecular weight is 764 g/mol. The van der Waals surface area contributed by atoms with Crippen LogP contribution in [0.2, 0.25) is 13.1 Å². The Bertz CT molecular complexity index is 2880. The fourth-order valence-electron chi connectivity index (χ4n) is 14.3. The molecule has 0 unspecified atom stereocenters. The summed E-state index contributed by atoms with van der Waals surface area (Å²) in [6.45, 7) is 9.97. The number of rotatable bonds is 3. The van der Waals surface area contributed by atoms with E-state index in [4.69, 9.17) is 4.98 Å². The Morgan fingerprint density at radius 3 is 1.84 bits per heavy atom. The van der Waals surface area contributed by atoms with Crippen molar-refractivity contribution in [2.75, 3.05) is 0 Å². The van der Waals surface area contributed by atoms with Gasteiger partial charge in [0, 0.05) is 22.0 Å². The first-order valence-electron chi connectivity index (χ1n) is 22.0. The molecule has 7 aliphatic rings. The van der Waals surface area contributed by atoms with Crippen molar-refractivity contribution < 1.29 is 0 Å². The van der Waals surface area contributed by atoms with E-state index in [2.05, 4.69) is 166 Å². The molecule has 0 saturated heterocycles. The van der Waals surface area contributed by atoms with Gasteiger partial charge in [0.15, 0.2) is 0 Å². The lowest BCUT2D eigenvalue weighted by Gasteiger charge is -2.61. The number of fused-ring (bicyclic) bond motifs is 10. The largest absolute Gasteiger partial charge is 0.248 e. The predicted molar refractivity (Wildman–Crippen MR) is 244 cm³/mol. The van der Waals surface area contributed by atoms with Crippen LogP contribution in [0.15, 0.2) is 140 Å². The molecule has 1 spiro atoms. The van der Waals surface area contributed by atoms with Gasteiger partial charge in [-0.2, -0.15) is 0 Å². The molecule has 2 heterocycles. The molecule has 4 fully saturated rings. The molecule has 0 N–H and O–H groups in total. The van der Waals surface area contributed by atoms with Gasteiger partial charge in [0.05, 0.1) is 11.4 Å². The molecule has 1 aliphatic heterocycles. The number of nitrogens with zero attached hydrogens (tertiary/aromatic N) is 1. The highest BCUT2D eigenvalue weighted by molar-refractivity contribution is 7.04. The second-order valence-corrected chi connectivity index (χ2v) is 24.2. The van der Waals surface area contributed by atoms with Crippen LogP contribution < -0.4 is 10.4 Å². The number of hydrogen-bond donors (Lipinski definition) is 0. The molecule has 4 bridgehead atoms. The Morgan fingerprint density at radius 2 is 1.09 bits per heavy atom. The van der Waals surface area contributed by atoms with Gasteiger partial charge >= 0.3 is 0 Å². The molecule has 6 aliphatic carbocycles. The van der Waals surface area contributed by atoms with Crippen LogP contribution in [0.5, 0.6) is 0 Å². The van der Waals surface area contributed by atoms with Crippen molar-refractivity contribution in [2.45, 2.75) is 69.9 Å². The lowest BCUT2D eigenvalue weighted by atomic mass is 9.42. The summed E-state index contributed by atoms with van der Waals surface area (Å²) in [5, 5.41) is 3.27. The van der Waals surface area contributed by atoms with Crippen molar-refractivity contribution in [3.8, 4) is 67.0 Å². The van der Waals surface area contributed by atoms with Crippen molar-refractivity contribution in [3.63, 3.8) is 0 Å². The van der Waals surface area contributed by atoms with E-state index in [-0.39, 0.29) is 10.8 Å². The Kier molecular flexibility index (Phi) is 6.64. The normalized spacial score (nSPS) is 25.2. The Hall–Kier alpha value is -5.31. The van der Waals surface area contributed by atoms with Gasteiger partial charge in [0.1, 0.15) is 8.07 Å². The van der Waals surface area contributed by atoms with Crippen LogP contribution in [0, 0.1) is 23.7 Å². The molecule has 4 saturated carbocycles. The van der Waals surface area contributed by atoms with Crippen molar-refractivity contribution in [1.29, 1.82) is 0 Å². The molecule has 1 aromatic heterocycles. The van der Waals surface area contributed by atoms with E-state index in [1.807, 2.05) is 0 Å². The maximum atomic E-state index is 5.67. The van der Waals surface area contributed by atoms with E-state index < -0.39 is 8.07 Å². The number of hydrogen-bond acceptors (Lipinski definition) is 1. The quantitative estimate of drug-likeness (QED) is 0.163. The van der Waals surface area contributed by atoms with Gasteiger partial charge in [-0.25, -0.2) is 4.98 Å². The van der Waals surface area contributed by atoms with Gasteiger partial charge in [-0.15, -0.1) is 0 Å². The summed E-state index contributed by atoms with van der Waals surface area (Å²) in [4.78, 5) is 5.67. The Labute approximate surface area is 344 Å². The van der Waals surface area contributed by atoms with Crippen LogP contribution in [0.25, 0.3) is 67.0 Å². The first-order chi connectivity index (χ1) is 28.2. The van der Waals surface area contributed by atoms with Gasteiger partial charge in [-0.05, 0) is 157 Å². The summed E-state index contributed by atoms with van der Waals surface area (Å²) in [6.07, 6.45) is 6.99. The summed E-state index contributed by atoms with van der Waals surface area (Å²) >= 11 is 0. The Morgan fingerprint density at radius 1 is 0.483 bits per heavy atom. The second-order valence-electron chi connectivity index (χ2n) is 19.9. The zero-order valence-corrected chi connectivity index (χ0v) is 35.1. The maximum absolute atomic E-state index is 5.67. The number of aromatic nitrogens is 1. The predicted octanol–water partition coefficient (Wildman–Crippen LogP) is 12.9. The standard InChI is InChI=1S/C56H49NSi/c1-55(2)46-15-8-5-12-40(46)41-25-24-37(31-48(41)55)35-20-22-36(23-21-35)49-17-11-18-50(57-49)45-32-44-42-13-7-10-19-51(42)58(3,4)54(44)52-43-14-6-9-16-47(43)56(53(45)52)38-27-33-26-34(29-38)30-39(56)28-33/h5-25,31-34,38-39H,26-30H2,1-4H3. The average Bonchev–Trinajstić information content (AvgIpc) is 3.77. The Balaban J connectivity index is 0.971. The third-order valence-corrected chi connectivity index (χ3v) is 20.0. The first kappa shape index (κ1) is 33.6. The number of benzene rings is 6. The van der Waals surface area contributed by atoms with Crippen molar-refractivity contribution >= 4 is 18.4 Å². The third kappa shape index (κ3) is 4.20. The minimum Gasteiger partial charge on any atom is -0.248 e. The molecule has 2 heteroatoms. The van der Waals surface area contributed by atoms with Gasteiger partial charge in [0.2, 0.25) is 0 Å². The molecule has 6 aromatic carbocycles. The lowest BCUT2D eigenvalue weighted by molar-refractivity contribution is -0.0397. The zero-order chi connectivity index (χ0) is 38.7. The highest BCUT2D eigenvalue weighted by atomic mass is 28.3. The topological polar surface area (TPSA) is 12.9 Å². The molecule has 58 heavy (non-hydrogen) atoms. The monoisotopic (exact) mass is 763 g/mol. The van der Waals surface area contributed by atoms with Crippen LogP contribution >= 0.6 is 0 Å². The molecule has 0 amide bonds.